The van der Waals surface area contributed by atoms with Crippen molar-refractivity contribution in [3.63, 3.8) is 0 Å². The van der Waals surface area contributed by atoms with E-state index in [4.69, 9.17) is 9.72 Å². The molecule has 1 aromatic carbocycles. The number of imidazole rings is 1. The summed E-state index contributed by atoms with van der Waals surface area (Å²) in [5.41, 5.74) is 2.98. The Kier molecular flexibility index (Phi) is 4.95. The standard InChI is InChI=1S/C22H25N7O2/c1-15-9-17(11-18(10-15)31-2)27-12-20(23-14-27)24-22-25-21(19-6-4-8-29(19)26-22)28-7-3-5-16(28)13-30/h4,6,8-12,14,16,30H,3,5,7,13H2,1-2H3,(H,24,26)/t16-/m0/s1. The first-order chi connectivity index (χ1) is 15.1. The Labute approximate surface area is 179 Å². The Balaban J connectivity index is 1.46. The number of hydrogen-bond donors (Lipinski definition) is 2. The molecule has 31 heavy (non-hydrogen) atoms. The van der Waals surface area contributed by atoms with E-state index in [9.17, 15) is 5.11 Å². The van der Waals surface area contributed by atoms with Crippen molar-refractivity contribution in [3.05, 3.63) is 54.6 Å². The van der Waals surface area contributed by atoms with Crippen LogP contribution in [-0.4, -0.2) is 55.6 Å². The lowest BCUT2D eigenvalue weighted by Gasteiger charge is -2.25. The molecule has 4 heterocycles. The number of benzene rings is 1. The van der Waals surface area contributed by atoms with Crippen LogP contribution in [0.5, 0.6) is 5.75 Å². The maximum absolute atomic E-state index is 9.76. The molecular weight excluding hydrogens is 394 g/mol. The Hall–Kier alpha value is -3.59. The molecular formula is C22H25N7O2. The molecule has 0 spiro atoms. The zero-order valence-corrected chi connectivity index (χ0v) is 17.6. The molecule has 2 N–H and O–H groups in total. The van der Waals surface area contributed by atoms with Crippen LogP contribution in [0.2, 0.25) is 0 Å². The third kappa shape index (κ3) is 3.68. The lowest BCUT2D eigenvalue weighted by atomic mass is 10.2. The van der Waals surface area contributed by atoms with Crippen molar-refractivity contribution in [3.8, 4) is 11.4 Å². The highest BCUT2D eigenvalue weighted by Crippen LogP contribution is 2.29. The number of fused-ring (bicyclic) bond motifs is 1. The van der Waals surface area contributed by atoms with Gasteiger partial charge in [-0.25, -0.2) is 9.50 Å². The van der Waals surface area contributed by atoms with E-state index in [1.807, 2.05) is 48.1 Å². The van der Waals surface area contributed by atoms with Crippen molar-refractivity contribution in [2.75, 3.05) is 30.5 Å². The highest BCUT2D eigenvalue weighted by atomic mass is 16.5. The Morgan fingerprint density at radius 2 is 2.19 bits per heavy atom. The van der Waals surface area contributed by atoms with Crippen LogP contribution < -0.4 is 15.0 Å². The number of aromatic nitrogens is 5. The molecule has 0 unspecified atom stereocenters. The number of ether oxygens (including phenoxy) is 1. The largest absolute Gasteiger partial charge is 0.497 e. The molecule has 0 radical (unpaired) electrons. The fourth-order valence-corrected chi connectivity index (χ4v) is 4.13. The number of nitrogens with one attached hydrogen (secondary N) is 1. The molecule has 0 aliphatic carbocycles. The maximum atomic E-state index is 9.76. The third-order valence-corrected chi connectivity index (χ3v) is 5.62. The average Bonchev–Trinajstić information content (AvgIpc) is 3.52. The van der Waals surface area contributed by atoms with Crippen LogP contribution in [0.15, 0.2) is 49.1 Å². The molecule has 1 atom stereocenters. The number of aliphatic hydroxyl groups excluding tert-OH is 1. The Morgan fingerprint density at radius 1 is 1.29 bits per heavy atom. The van der Waals surface area contributed by atoms with E-state index in [0.717, 1.165) is 47.7 Å². The van der Waals surface area contributed by atoms with Gasteiger partial charge in [-0.3, -0.25) is 0 Å². The Morgan fingerprint density at radius 3 is 3.03 bits per heavy atom. The molecule has 0 bridgehead atoms. The minimum atomic E-state index is 0.0805. The average molecular weight is 419 g/mol. The van der Waals surface area contributed by atoms with Crippen LogP contribution in [0.4, 0.5) is 17.6 Å². The summed E-state index contributed by atoms with van der Waals surface area (Å²) in [4.78, 5) is 11.4. The van der Waals surface area contributed by atoms with Gasteiger partial charge in [0.2, 0.25) is 5.95 Å². The quantitative estimate of drug-likeness (QED) is 0.496. The molecule has 1 aliphatic heterocycles. The van der Waals surface area contributed by atoms with Gasteiger partial charge in [0.15, 0.2) is 11.6 Å². The second-order valence-corrected chi connectivity index (χ2v) is 7.77. The zero-order chi connectivity index (χ0) is 21.4. The number of anilines is 3. The highest BCUT2D eigenvalue weighted by molar-refractivity contribution is 5.71. The van der Waals surface area contributed by atoms with Crippen molar-refractivity contribution in [2.24, 2.45) is 0 Å². The summed E-state index contributed by atoms with van der Waals surface area (Å²) in [5, 5.41) is 17.6. The maximum Gasteiger partial charge on any atom is 0.248 e. The zero-order valence-electron chi connectivity index (χ0n) is 17.6. The first-order valence-electron chi connectivity index (χ1n) is 10.3. The van der Waals surface area contributed by atoms with Gasteiger partial charge < -0.3 is 24.6 Å². The predicted molar refractivity (Wildman–Crippen MR) is 119 cm³/mol. The van der Waals surface area contributed by atoms with Crippen molar-refractivity contribution in [1.29, 1.82) is 0 Å². The molecule has 1 fully saturated rings. The van der Waals surface area contributed by atoms with E-state index < -0.39 is 0 Å². The van der Waals surface area contributed by atoms with Gasteiger partial charge in [0.25, 0.3) is 0 Å². The summed E-state index contributed by atoms with van der Waals surface area (Å²) >= 11 is 0. The minimum absolute atomic E-state index is 0.0805. The van der Waals surface area contributed by atoms with Gasteiger partial charge in [-0.2, -0.15) is 4.98 Å². The van der Waals surface area contributed by atoms with E-state index in [2.05, 4.69) is 26.4 Å². The van der Waals surface area contributed by atoms with Crippen molar-refractivity contribution in [2.45, 2.75) is 25.8 Å². The van der Waals surface area contributed by atoms with Gasteiger partial charge in [-0.15, -0.1) is 5.10 Å². The van der Waals surface area contributed by atoms with Gasteiger partial charge >= 0.3 is 0 Å². The first kappa shape index (κ1) is 19.4. The fraction of sp³-hybridized carbons (Fsp3) is 0.318. The van der Waals surface area contributed by atoms with Gasteiger partial charge in [0.1, 0.15) is 17.6 Å². The monoisotopic (exact) mass is 419 g/mol. The van der Waals surface area contributed by atoms with Crippen LogP contribution in [0.1, 0.15) is 18.4 Å². The minimum Gasteiger partial charge on any atom is -0.497 e. The lowest BCUT2D eigenvalue weighted by molar-refractivity contribution is 0.266. The number of rotatable bonds is 6. The summed E-state index contributed by atoms with van der Waals surface area (Å²) in [6.45, 7) is 3.01. The van der Waals surface area contributed by atoms with Crippen molar-refractivity contribution < 1.29 is 9.84 Å². The first-order valence-corrected chi connectivity index (χ1v) is 10.3. The predicted octanol–water partition coefficient (Wildman–Crippen LogP) is 2.94. The molecule has 9 nitrogen and oxygen atoms in total. The number of methoxy groups -OCH3 is 1. The summed E-state index contributed by atoms with van der Waals surface area (Å²) < 4.78 is 9.11. The van der Waals surface area contributed by atoms with Crippen LogP contribution in [0.3, 0.4) is 0 Å². The van der Waals surface area contributed by atoms with Gasteiger partial charge in [0, 0.05) is 18.8 Å². The van der Waals surface area contributed by atoms with E-state index >= 15 is 0 Å². The van der Waals surface area contributed by atoms with Gasteiger partial charge in [-0.1, -0.05) is 0 Å². The Bertz CT molecular complexity index is 1220. The fourth-order valence-electron chi connectivity index (χ4n) is 4.13. The van der Waals surface area contributed by atoms with Gasteiger partial charge in [-0.05, 0) is 49.6 Å². The molecule has 4 aromatic rings. The summed E-state index contributed by atoms with van der Waals surface area (Å²) in [7, 11) is 1.66. The third-order valence-electron chi connectivity index (χ3n) is 5.62. The number of nitrogens with zero attached hydrogens (tertiary/aromatic N) is 6. The number of aliphatic hydroxyl groups is 1. The van der Waals surface area contributed by atoms with Crippen molar-refractivity contribution in [1.82, 2.24) is 24.1 Å². The van der Waals surface area contributed by atoms with Crippen LogP contribution >= 0.6 is 0 Å². The summed E-state index contributed by atoms with van der Waals surface area (Å²) in [5.74, 6) is 2.71. The summed E-state index contributed by atoms with van der Waals surface area (Å²) in [6.07, 6.45) is 7.53. The van der Waals surface area contributed by atoms with E-state index in [1.54, 1.807) is 18.0 Å². The SMILES string of the molecule is COc1cc(C)cc(-n2cnc(Nc3nc(N4CCC[C@H]4CO)c4cccn4n3)c2)c1. The molecule has 3 aromatic heterocycles. The van der Waals surface area contributed by atoms with Crippen LogP contribution in [0, 0.1) is 6.92 Å². The molecule has 0 amide bonds. The topological polar surface area (TPSA) is 92.7 Å². The number of hydrogen-bond acceptors (Lipinski definition) is 7. The molecule has 1 saturated heterocycles. The molecule has 0 saturated carbocycles. The second kappa shape index (κ2) is 7.92. The number of aryl methyl sites for hydroxylation is 1. The molecule has 1 aliphatic rings. The van der Waals surface area contributed by atoms with E-state index in [0.29, 0.717) is 11.8 Å². The molecule has 5 rings (SSSR count). The second-order valence-electron chi connectivity index (χ2n) is 7.77. The van der Waals surface area contributed by atoms with E-state index in [-0.39, 0.29) is 12.6 Å². The van der Waals surface area contributed by atoms with E-state index in [1.165, 1.54) is 0 Å². The van der Waals surface area contributed by atoms with Crippen LogP contribution in [0.25, 0.3) is 11.2 Å². The van der Waals surface area contributed by atoms with Gasteiger partial charge in [0.05, 0.1) is 31.6 Å². The smallest absolute Gasteiger partial charge is 0.248 e. The molecule has 160 valence electrons. The van der Waals surface area contributed by atoms with Crippen LogP contribution in [-0.2, 0) is 0 Å². The lowest BCUT2D eigenvalue weighted by Crippen LogP contribution is -2.33. The normalized spacial score (nSPS) is 16.2. The van der Waals surface area contributed by atoms with Crippen molar-refractivity contribution >= 4 is 23.1 Å². The highest BCUT2D eigenvalue weighted by Gasteiger charge is 2.27. The molecule has 9 heteroatoms. The summed E-state index contributed by atoms with van der Waals surface area (Å²) in [6, 6.07) is 10.0.